The van der Waals surface area contributed by atoms with Crippen LogP contribution >= 0.6 is 0 Å². The third-order valence-electron chi connectivity index (χ3n) is 2.24. The smallest absolute Gasteiger partial charge is 0.0997 e. The fourth-order valence-electron chi connectivity index (χ4n) is 1.35. The highest BCUT2D eigenvalue weighted by Gasteiger charge is 2.17. The van der Waals surface area contributed by atoms with Gasteiger partial charge in [-0.05, 0) is 19.1 Å². The van der Waals surface area contributed by atoms with Crippen molar-refractivity contribution in [3.63, 3.8) is 0 Å². The number of hydrogen-bond acceptors (Lipinski definition) is 3. The maximum Gasteiger partial charge on any atom is 0.0997 e. The fourth-order valence-corrected chi connectivity index (χ4v) is 1.35. The topological polar surface area (TPSA) is 44.5 Å². The molecular formula is C10H17NO2. The van der Waals surface area contributed by atoms with Crippen LogP contribution in [0.25, 0.3) is 0 Å². The second-order valence-corrected chi connectivity index (χ2v) is 3.29. The van der Waals surface area contributed by atoms with Crippen LogP contribution in [0.2, 0.25) is 0 Å². The molecule has 2 N–H and O–H groups in total. The van der Waals surface area contributed by atoms with Gasteiger partial charge in [0.25, 0.3) is 0 Å². The Bertz CT molecular complexity index is 211. The quantitative estimate of drug-likeness (QED) is 0.719. The molecule has 0 aromatic heterocycles. The van der Waals surface area contributed by atoms with Crippen molar-refractivity contribution < 1.29 is 9.47 Å². The van der Waals surface area contributed by atoms with Gasteiger partial charge in [0.2, 0.25) is 0 Å². The summed E-state index contributed by atoms with van der Waals surface area (Å²) in [7, 11) is 3.34. The van der Waals surface area contributed by atoms with E-state index in [1.807, 2.05) is 19.1 Å². The van der Waals surface area contributed by atoms with Gasteiger partial charge in [-0.15, -0.1) is 0 Å². The van der Waals surface area contributed by atoms with E-state index in [2.05, 4.69) is 0 Å². The van der Waals surface area contributed by atoms with E-state index >= 15 is 0 Å². The molecule has 1 atom stereocenters. The van der Waals surface area contributed by atoms with Crippen molar-refractivity contribution in [3.8, 4) is 0 Å². The molecule has 0 aliphatic heterocycles. The molecule has 3 nitrogen and oxygen atoms in total. The van der Waals surface area contributed by atoms with Crippen molar-refractivity contribution in [3.05, 3.63) is 23.7 Å². The number of ether oxygens (including phenoxy) is 2. The minimum atomic E-state index is 0.0931. The van der Waals surface area contributed by atoms with E-state index in [0.717, 1.165) is 17.9 Å². The van der Waals surface area contributed by atoms with Crippen molar-refractivity contribution in [2.75, 3.05) is 14.2 Å². The zero-order chi connectivity index (χ0) is 9.84. The third kappa shape index (κ3) is 2.49. The first-order valence-corrected chi connectivity index (χ1v) is 4.42. The minimum Gasteiger partial charge on any atom is -0.501 e. The second kappa shape index (κ2) is 4.33. The zero-order valence-corrected chi connectivity index (χ0v) is 8.41. The SMILES string of the molecule is COC1=CC(C(C)N)C=C(OC)C1. The molecule has 1 aliphatic rings. The lowest BCUT2D eigenvalue weighted by Crippen LogP contribution is -2.26. The number of rotatable bonds is 3. The highest BCUT2D eigenvalue weighted by molar-refractivity contribution is 5.19. The fraction of sp³-hybridized carbons (Fsp3) is 0.600. The van der Waals surface area contributed by atoms with Gasteiger partial charge in [0.1, 0.15) is 0 Å². The molecule has 74 valence electrons. The molecule has 0 spiro atoms. The van der Waals surface area contributed by atoms with Crippen LogP contribution in [-0.4, -0.2) is 20.3 Å². The van der Waals surface area contributed by atoms with E-state index in [0.29, 0.717) is 0 Å². The molecule has 0 aromatic carbocycles. The van der Waals surface area contributed by atoms with Gasteiger partial charge in [0.05, 0.1) is 32.2 Å². The van der Waals surface area contributed by atoms with Crippen LogP contribution in [0.15, 0.2) is 23.7 Å². The summed E-state index contributed by atoms with van der Waals surface area (Å²) in [5.74, 6) is 2.09. The van der Waals surface area contributed by atoms with E-state index < -0.39 is 0 Å². The van der Waals surface area contributed by atoms with E-state index in [9.17, 15) is 0 Å². The molecule has 0 heterocycles. The Morgan fingerprint density at radius 3 is 2.08 bits per heavy atom. The average molecular weight is 183 g/mol. The van der Waals surface area contributed by atoms with Crippen LogP contribution in [0, 0.1) is 5.92 Å². The molecule has 1 aliphatic carbocycles. The second-order valence-electron chi connectivity index (χ2n) is 3.29. The molecule has 13 heavy (non-hydrogen) atoms. The standard InChI is InChI=1S/C10H17NO2/c1-7(11)8-4-9(12-2)6-10(5-8)13-3/h4-5,7-8H,6,11H2,1-3H3. The lowest BCUT2D eigenvalue weighted by atomic mass is 9.95. The van der Waals surface area contributed by atoms with Crippen molar-refractivity contribution in [2.24, 2.45) is 11.7 Å². The predicted molar refractivity (Wildman–Crippen MR) is 51.9 cm³/mol. The normalized spacial score (nSPS) is 20.3. The van der Waals surface area contributed by atoms with Crippen LogP contribution < -0.4 is 5.73 Å². The maximum absolute atomic E-state index is 5.80. The summed E-state index contributed by atoms with van der Waals surface area (Å²) >= 11 is 0. The maximum atomic E-state index is 5.80. The Morgan fingerprint density at radius 2 is 1.77 bits per heavy atom. The molecule has 0 bridgehead atoms. The van der Waals surface area contributed by atoms with Gasteiger partial charge >= 0.3 is 0 Å². The first kappa shape index (κ1) is 10.1. The largest absolute Gasteiger partial charge is 0.501 e. The molecule has 0 amide bonds. The van der Waals surface area contributed by atoms with Gasteiger partial charge in [-0.25, -0.2) is 0 Å². The van der Waals surface area contributed by atoms with Crippen molar-refractivity contribution >= 4 is 0 Å². The van der Waals surface area contributed by atoms with E-state index in [1.54, 1.807) is 14.2 Å². The van der Waals surface area contributed by atoms with Crippen molar-refractivity contribution in [1.29, 1.82) is 0 Å². The molecular weight excluding hydrogens is 166 g/mol. The Kier molecular flexibility index (Phi) is 3.37. The number of hydrogen-bond donors (Lipinski definition) is 1. The molecule has 0 aromatic rings. The van der Waals surface area contributed by atoms with E-state index in [1.165, 1.54) is 0 Å². The average Bonchev–Trinajstić information content (AvgIpc) is 2.16. The summed E-state index contributed by atoms with van der Waals surface area (Å²) in [4.78, 5) is 0. The molecule has 0 saturated heterocycles. The predicted octanol–water partition coefficient (Wildman–Crippen LogP) is 1.41. The van der Waals surface area contributed by atoms with Crippen LogP contribution in [0.5, 0.6) is 0 Å². The third-order valence-corrected chi connectivity index (χ3v) is 2.24. The molecule has 0 fully saturated rings. The van der Waals surface area contributed by atoms with Crippen LogP contribution in [-0.2, 0) is 9.47 Å². The number of nitrogens with two attached hydrogens (primary N) is 1. The molecule has 3 heteroatoms. The lowest BCUT2D eigenvalue weighted by molar-refractivity contribution is 0.227. The van der Waals surface area contributed by atoms with Gasteiger partial charge in [-0.2, -0.15) is 0 Å². The lowest BCUT2D eigenvalue weighted by Gasteiger charge is -2.21. The molecule has 1 rings (SSSR count). The summed E-state index contributed by atoms with van der Waals surface area (Å²) in [6.07, 6.45) is 4.83. The monoisotopic (exact) mass is 183 g/mol. The summed E-state index contributed by atoms with van der Waals surface area (Å²) < 4.78 is 10.4. The van der Waals surface area contributed by atoms with Gasteiger partial charge in [-0.3, -0.25) is 0 Å². The zero-order valence-electron chi connectivity index (χ0n) is 8.41. The highest BCUT2D eigenvalue weighted by Crippen LogP contribution is 2.24. The van der Waals surface area contributed by atoms with Crippen LogP contribution in [0.4, 0.5) is 0 Å². The molecule has 1 unspecified atom stereocenters. The molecule has 0 radical (unpaired) electrons. The Labute approximate surface area is 79.2 Å². The Morgan fingerprint density at radius 1 is 1.31 bits per heavy atom. The molecule has 0 saturated carbocycles. The Balaban J connectivity index is 2.76. The van der Waals surface area contributed by atoms with Crippen molar-refractivity contribution in [2.45, 2.75) is 19.4 Å². The van der Waals surface area contributed by atoms with E-state index in [-0.39, 0.29) is 12.0 Å². The van der Waals surface area contributed by atoms with Crippen molar-refractivity contribution in [1.82, 2.24) is 0 Å². The first-order chi connectivity index (χ1) is 6.17. The van der Waals surface area contributed by atoms with Gasteiger partial charge in [0.15, 0.2) is 0 Å². The summed E-state index contributed by atoms with van der Waals surface area (Å²) in [6, 6.07) is 0.0931. The highest BCUT2D eigenvalue weighted by atomic mass is 16.5. The van der Waals surface area contributed by atoms with Crippen LogP contribution in [0.1, 0.15) is 13.3 Å². The van der Waals surface area contributed by atoms with E-state index in [4.69, 9.17) is 15.2 Å². The first-order valence-electron chi connectivity index (χ1n) is 4.42. The Hall–Kier alpha value is -0.960. The summed E-state index contributed by atoms with van der Waals surface area (Å²) in [6.45, 7) is 1.98. The number of methoxy groups -OCH3 is 2. The van der Waals surface area contributed by atoms with Crippen LogP contribution in [0.3, 0.4) is 0 Å². The minimum absolute atomic E-state index is 0.0931. The van der Waals surface area contributed by atoms with Gasteiger partial charge < -0.3 is 15.2 Å². The van der Waals surface area contributed by atoms with Gasteiger partial charge in [-0.1, -0.05) is 0 Å². The van der Waals surface area contributed by atoms with Gasteiger partial charge in [0, 0.05) is 12.0 Å². The summed E-state index contributed by atoms with van der Waals surface area (Å²) in [5.41, 5.74) is 5.80. The summed E-state index contributed by atoms with van der Waals surface area (Å²) in [5, 5.41) is 0.